The van der Waals surface area contributed by atoms with Gasteiger partial charge in [0.25, 0.3) is 0 Å². The van der Waals surface area contributed by atoms with Gasteiger partial charge in [0, 0.05) is 31.5 Å². The molecule has 1 aliphatic rings. The molecule has 1 fully saturated rings. The summed E-state index contributed by atoms with van der Waals surface area (Å²) in [5.74, 6) is 1.27. The van der Waals surface area contributed by atoms with E-state index >= 15 is 0 Å². The van der Waals surface area contributed by atoms with E-state index in [0.717, 1.165) is 42.3 Å². The highest BCUT2D eigenvalue weighted by atomic mass is 32.2. The molecule has 0 unspecified atom stereocenters. The van der Waals surface area contributed by atoms with Crippen LogP contribution in [0.15, 0.2) is 60.7 Å². The second-order valence-electron chi connectivity index (χ2n) is 9.10. The van der Waals surface area contributed by atoms with Crippen LogP contribution in [0.5, 0.6) is 5.75 Å². The average Bonchev–Trinajstić information content (AvgIpc) is 2.87. The number of likely N-dealkylation sites (tertiary alicyclic amines) is 1. The topological polar surface area (TPSA) is 124 Å². The third-order valence-corrected chi connectivity index (χ3v) is 8.33. The Morgan fingerprint density at radius 3 is 2.31 bits per heavy atom. The van der Waals surface area contributed by atoms with Gasteiger partial charge in [-0.05, 0) is 66.6 Å². The van der Waals surface area contributed by atoms with Gasteiger partial charge in [0.2, 0.25) is 10.0 Å². The Morgan fingerprint density at radius 2 is 1.69 bits per heavy atom. The monoisotopic (exact) mass is 507 g/mol. The van der Waals surface area contributed by atoms with E-state index in [1.54, 1.807) is 32.0 Å². The summed E-state index contributed by atoms with van der Waals surface area (Å²) in [7, 11) is -3.53. The molecule has 0 bridgehead atoms. The number of rotatable bonds is 8. The Labute approximate surface area is 212 Å². The maximum absolute atomic E-state index is 13.0. The van der Waals surface area contributed by atoms with Crippen LogP contribution in [0.3, 0.4) is 0 Å². The molecule has 0 radical (unpaired) electrons. The number of fused-ring (bicyclic) bond motifs is 1. The number of amidine groups is 2. The van der Waals surface area contributed by atoms with Gasteiger partial charge in [-0.15, -0.1) is 0 Å². The largest absolute Gasteiger partial charge is 0.490 e. The predicted molar refractivity (Wildman–Crippen MR) is 146 cm³/mol. The van der Waals surface area contributed by atoms with Gasteiger partial charge >= 0.3 is 0 Å². The maximum atomic E-state index is 13.0. The molecular weight excluding hydrogens is 474 g/mol. The first kappa shape index (κ1) is 25.5. The molecule has 3 aromatic rings. The van der Waals surface area contributed by atoms with E-state index in [-0.39, 0.29) is 24.2 Å². The molecule has 1 saturated heterocycles. The Balaban J connectivity index is 1.53. The van der Waals surface area contributed by atoms with Crippen LogP contribution in [0.4, 0.5) is 5.69 Å². The number of benzene rings is 3. The highest BCUT2D eigenvalue weighted by Crippen LogP contribution is 2.27. The highest BCUT2D eigenvalue weighted by molar-refractivity contribution is 7.92. The molecule has 0 aromatic heterocycles. The van der Waals surface area contributed by atoms with Crippen LogP contribution in [0.2, 0.25) is 0 Å². The number of hydrogen-bond acceptors (Lipinski definition) is 5. The van der Waals surface area contributed by atoms with Gasteiger partial charge < -0.3 is 15.4 Å². The Kier molecular flexibility index (Phi) is 7.49. The van der Waals surface area contributed by atoms with Gasteiger partial charge in [-0.2, -0.15) is 0 Å². The summed E-state index contributed by atoms with van der Waals surface area (Å²) in [6, 6.07) is 18.6. The van der Waals surface area contributed by atoms with Crippen LogP contribution in [0.25, 0.3) is 10.8 Å². The van der Waals surface area contributed by atoms with Gasteiger partial charge in [-0.3, -0.25) is 15.1 Å². The second-order valence-corrected chi connectivity index (χ2v) is 11.3. The van der Waals surface area contributed by atoms with E-state index in [1.807, 2.05) is 47.4 Å². The lowest BCUT2D eigenvalue weighted by atomic mass is 10.0. The SMILES string of the molecule is CCS(=O)(=O)N(Cc1ccc2ccc(C(=N)N)cc2c1)c1ccc(OC2CCN(C(C)=N)CC2)cc1. The van der Waals surface area contributed by atoms with E-state index in [1.165, 1.54) is 4.31 Å². The summed E-state index contributed by atoms with van der Waals surface area (Å²) in [6.45, 7) is 5.25. The van der Waals surface area contributed by atoms with Gasteiger partial charge in [-0.25, -0.2) is 8.42 Å². The third kappa shape index (κ3) is 5.79. The van der Waals surface area contributed by atoms with E-state index in [9.17, 15) is 8.42 Å². The Morgan fingerprint density at radius 1 is 1.03 bits per heavy atom. The Hall–Kier alpha value is -3.59. The molecular formula is C27H33N5O3S. The molecule has 3 aromatic carbocycles. The second kappa shape index (κ2) is 10.6. The molecule has 36 heavy (non-hydrogen) atoms. The van der Waals surface area contributed by atoms with Crippen LogP contribution in [0.1, 0.15) is 37.8 Å². The van der Waals surface area contributed by atoms with Crippen LogP contribution in [-0.2, 0) is 16.6 Å². The molecule has 8 nitrogen and oxygen atoms in total. The van der Waals surface area contributed by atoms with Gasteiger partial charge in [0.1, 0.15) is 17.7 Å². The van der Waals surface area contributed by atoms with Crippen molar-refractivity contribution < 1.29 is 13.2 Å². The first-order valence-corrected chi connectivity index (χ1v) is 13.7. The molecule has 1 aliphatic heterocycles. The van der Waals surface area contributed by atoms with Crippen molar-refractivity contribution >= 4 is 38.2 Å². The molecule has 190 valence electrons. The van der Waals surface area contributed by atoms with Crippen molar-refractivity contribution in [3.8, 4) is 5.75 Å². The summed E-state index contributed by atoms with van der Waals surface area (Å²) < 4.78 is 33.6. The lowest BCUT2D eigenvalue weighted by Crippen LogP contribution is -2.40. The lowest BCUT2D eigenvalue weighted by molar-refractivity contribution is 0.130. The van der Waals surface area contributed by atoms with Gasteiger partial charge in [-0.1, -0.05) is 24.3 Å². The number of piperidine rings is 1. The molecule has 4 N–H and O–H groups in total. The zero-order valence-corrected chi connectivity index (χ0v) is 21.5. The maximum Gasteiger partial charge on any atom is 0.235 e. The number of anilines is 1. The van der Waals surface area contributed by atoms with Crippen molar-refractivity contribution in [1.29, 1.82) is 10.8 Å². The molecule has 0 aliphatic carbocycles. The zero-order valence-electron chi connectivity index (χ0n) is 20.7. The minimum absolute atomic E-state index is 0.00446. The van der Waals surface area contributed by atoms with E-state index in [2.05, 4.69) is 0 Å². The summed E-state index contributed by atoms with van der Waals surface area (Å²) in [6.07, 6.45) is 1.78. The molecule has 0 amide bonds. The van der Waals surface area contributed by atoms with Crippen molar-refractivity contribution in [3.05, 3.63) is 71.8 Å². The number of nitrogen functional groups attached to an aromatic ring is 1. The van der Waals surface area contributed by atoms with Crippen LogP contribution in [-0.4, -0.2) is 49.9 Å². The first-order chi connectivity index (χ1) is 17.2. The minimum Gasteiger partial charge on any atom is -0.490 e. The fourth-order valence-electron chi connectivity index (χ4n) is 4.43. The number of nitrogens with zero attached hydrogens (tertiary/aromatic N) is 2. The predicted octanol–water partition coefficient (Wildman–Crippen LogP) is 4.32. The zero-order chi connectivity index (χ0) is 25.9. The fraction of sp³-hybridized carbons (Fsp3) is 0.333. The van der Waals surface area contributed by atoms with Gasteiger partial charge in [0.15, 0.2) is 0 Å². The third-order valence-electron chi connectivity index (χ3n) is 6.59. The average molecular weight is 508 g/mol. The normalized spacial score (nSPS) is 14.6. The summed E-state index contributed by atoms with van der Waals surface area (Å²) in [4.78, 5) is 2.05. The van der Waals surface area contributed by atoms with Crippen molar-refractivity contribution in [1.82, 2.24) is 4.90 Å². The number of nitrogens with one attached hydrogen (secondary N) is 2. The fourth-order valence-corrected chi connectivity index (χ4v) is 5.53. The summed E-state index contributed by atoms with van der Waals surface area (Å²) in [5, 5.41) is 17.4. The van der Waals surface area contributed by atoms with Crippen molar-refractivity contribution in [2.75, 3.05) is 23.1 Å². The number of nitrogens with two attached hydrogens (primary N) is 1. The lowest BCUT2D eigenvalue weighted by Gasteiger charge is -2.33. The standard InChI is InChI=1S/C27H33N5O3S/c1-3-36(33,34)32(18-20-4-5-21-6-7-22(27(29)30)17-23(21)16-20)24-8-10-25(11-9-24)35-26-12-14-31(15-13-26)19(2)28/h4-11,16-17,26,28H,3,12-15,18H2,1-2H3,(H3,29,30). The minimum atomic E-state index is -3.53. The smallest absolute Gasteiger partial charge is 0.235 e. The molecule has 9 heteroatoms. The summed E-state index contributed by atoms with van der Waals surface area (Å²) in [5.41, 5.74) is 7.69. The van der Waals surface area contributed by atoms with Crippen molar-refractivity contribution in [2.24, 2.45) is 5.73 Å². The molecule has 4 rings (SSSR count). The van der Waals surface area contributed by atoms with E-state index in [4.69, 9.17) is 21.3 Å². The van der Waals surface area contributed by atoms with Crippen molar-refractivity contribution in [3.63, 3.8) is 0 Å². The van der Waals surface area contributed by atoms with Crippen LogP contribution >= 0.6 is 0 Å². The quantitative estimate of drug-likeness (QED) is 0.309. The number of ether oxygens (including phenoxy) is 1. The molecule has 0 saturated carbocycles. The van der Waals surface area contributed by atoms with E-state index < -0.39 is 10.0 Å². The summed E-state index contributed by atoms with van der Waals surface area (Å²) >= 11 is 0. The van der Waals surface area contributed by atoms with E-state index in [0.29, 0.717) is 22.8 Å². The molecule has 0 spiro atoms. The number of sulfonamides is 1. The molecule has 1 heterocycles. The van der Waals surface area contributed by atoms with Gasteiger partial charge in [0.05, 0.1) is 23.8 Å². The van der Waals surface area contributed by atoms with Crippen LogP contribution < -0.4 is 14.8 Å². The Bertz CT molecular complexity index is 1360. The van der Waals surface area contributed by atoms with Crippen LogP contribution in [0, 0.1) is 10.8 Å². The highest BCUT2D eigenvalue weighted by Gasteiger charge is 2.23. The first-order valence-electron chi connectivity index (χ1n) is 12.1. The van der Waals surface area contributed by atoms with Crippen molar-refractivity contribution in [2.45, 2.75) is 39.3 Å². The number of hydrogen-bond donors (Lipinski definition) is 3. The molecule has 0 atom stereocenters.